The van der Waals surface area contributed by atoms with E-state index in [0.29, 0.717) is 16.3 Å². The first kappa shape index (κ1) is 23.6. The molecule has 0 unspecified atom stereocenters. The van der Waals surface area contributed by atoms with Crippen molar-refractivity contribution < 1.29 is 18.0 Å². The van der Waals surface area contributed by atoms with Gasteiger partial charge >= 0.3 is 6.18 Å². The molecule has 0 radical (unpaired) electrons. The molecule has 1 amide bonds. The van der Waals surface area contributed by atoms with Crippen molar-refractivity contribution in [3.63, 3.8) is 0 Å². The van der Waals surface area contributed by atoms with Crippen LogP contribution in [0.2, 0.25) is 0 Å². The van der Waals surface area contributed by atoms with Crippen LogP contribution < -0.4 is 10.6 Å². The van der Waals surface area contributed by atoms with Crippen LogP contribution in [0.4, 0.5) is 23.9 Å². The Morgan fingerprint density at radius 1 is 0.882 bits per heavy atom. The minimum absolute atomic E-state index is 0.242. The van der Waals surface area contributed by atoms with Crippen molar-refractivity contribution in [1.29, 1.82) is 0 Å². The van der Waals surface area contributed by atoms with E-state index in [0.717, 1.165) is 33.7 Å². The van der Waals surface area contributed by atoms with Crippen LogP contribution in [0.15, 0.2) is 84.9 Å². The third-order valence-corrected chi connectivity index (χ3v) is 6.76. The molecule has 3 aromatic carbocycles. The fourth-order valence-corrected chi connectivity index (χ4v) is 4.86. The molecule has 0 spiro atoms. The SMILES string of the molecule is Cc1sc(NC(=O)c2ccccc2)c([C@H](Nc2cccc(C(F)(F)F)c2)c2ccccc2)c1C. The summed E-state index contributed by atoms with van der Waals surface area (Å²) < 4.78 is 39.9. The first-order chi connectivity index (χ1) is 16.2. The number of halogens is 3. The van der Waals surface area contributed by atoms with Gasteiger partial charge < -0.3 is 10.6 Å². The highest BCUT2D eigenvalue weighted by Crippen LogP contribution is 2.41. The van der Waals surface area contributed by atoms with Crippen LogP contribution in [-0.2, 0) is 6.18 Å². The van der Waals surface area contributed by atoms with Crippen LogP contribution >= 0.6 is 11.3 Å². The van der Waals surface area contributed by atoms with Crippen molar-refractivity contribution in [2.75, 3.05) is 10.6 Å². The number of anilines is 2. The Bertz CT molecular complexity index is 1280. The molecule has 0 aliphatic heterocycles. The number of nitrogens with one attached hydrogen (secondary N) is 2. The average molecular weight is 481 g/mol. The summed E-state index contributed by atoms with van der Waals surface area (Å²) in [7, 11) is 0. The fraction of sp³-hybridized carbons (Fsp3) is 0.148. The van der Waals surface area contributed by atoms with Crippen LogP contribution in [0.25, 0.3) is 0 Å². The summed E-state index contributed by atoms with van der Waals surface area (Å²) in [6.07, 6.45) is -4.44. The quantitative estimate of drug-likeness (QED) is 0.295. The van der Waals surface area contributed by atoms with Gasteiger partial charge in [0.2, 0.25) is 0 Å². The molecule has 2 N–H and O–H groups in total. The fourth-order valence-electron chi connectivity index (χ4n) is 3.77. The van der Waals surface area contributed by atoms with Gasteiger partial charge in [-0.1, -0.05) is 54.6 Å². The Balaban J connectivity index is 1.77. The maximum atomic E-state index is 13.3. The largest absolute Gasteiger partial charge is 0.416 e. The molecule has 4 rings (SSSR count). The topological polar surface area (TPSA) is 41.1 Å². The lowest BCUT2D eigenvalue weighted by molar-refractivity contribution is -0.137. The number of hydrogen-bond acceptors (Lipinski definition) is 3. The molecule has 0 saturated heterocycles. The Hall–Kier alpha value is -3.58. The zero-order chi connectivity index (χ0) is 24.3. The Kier molecular flexibility index (Phi) is 6.75. The van der Waals surface area contributed by atoms with Crippen molar-refractivity contribution >= 4 is 27.9 Å². The number of aryl methyl sites for hydroxylation is 1. The molecule has 0 aliphatic carbocycles. The van der Waals surface area contributed by atoms with E-state index in [-0.39, 0.29) is 5.91 Å². The highest BCUT2D eigenvalue weighted by atomic mass is 32.1. The van der Waals surface area contributed by atoms with Gasteiger partial charge in [0.05, 0.1) is 11.6 Å². The van der Waals surface area contributed by atoms with Gasteiger partial charge in [-0.25, -0.2) is 0 Å². The maximum absolute atomic E-state index is 13.3. The van der Waals surface area contributed by atoms with E-state index in [9.17, 15) is 18.0 Å². The minimum atomic E-state index is -4.44. The molecular weight excluding hydrogens is 457 g/mol. The molecule has 174 valence electrons. The van der Waals surface area contributed by atoms with Crippen molar-refractivity contribution in [2.45, 2.75) is 26.1 Å². The molecule has 34 heavy (non-hydrogen) atoms. The number of rotatable bonds is 6. The first-order valence-corrected chi connectivity index (χ1v) is 11.5. The predicted molar refractivity (Wildman–Crippen MR) is 132 cm³/mol. The van der Waals surface area contributed by atoms with Crippen molar-refractivity contribution in [3.05, 3.63) is 118 Å². The predicted octanol–water partition coefficient (Wildman–Crippen LogP) is 7.84. The highest BCUT2D eigenvalue weighted by Gasteiger charge is 2.31. The van der Waals surface area contributed by atoms with Crippen LogP contribution in [0.1, 0.15) is 43.5 Å². The van der Waals surface area contributed by atoms with Gasteiger partial charge in [0.15, 0.2) is 0 Å². The summed E-state index contributed by atoms with van der Waals surface area (Å²) >= 11 is 1.45. The van der Waals surface area contributed by atoms with Crippen LogP contribution in [0, 0.1) is 13.8 Å². The number of thiophene rings is 1. The van der Waals surface area contributed by atoms with Crippen molar-refractivity contribution in [3.8, 4) is 0 Å². The number of alkyl halides is 3. The van der Waals surface area contributed by atoms with E-state index in [1.165, 1.54) is 17.4 Å². The molecule has 1 aromatic heterocycles. The van der Waals surface area contributed by atoms with Gasteiger partial charge in [-0.15, -0.1) is 11.3 Å². The monoisotopic (exact) mass is 480 g/mol. The molecule has 0 bridgehead atoms. The number of benzene rings is 3. The van der Waals surface area contributed by atoms with Gasteiger partial charge in [0.25, 0.3) is 5.91 Å². The zero-order valence-electron chi connectivity index (χ0n) is 18.6. The third kappa shape index (κ3) is 5.15. The summed E-state index contributed by atoms with van der Waals surface area (Å²) in [6, 6.07) is 23.1. The molecule has 3 nitrogen and oxygen atoms in total. The number of carbonyl (C=O) groups excluding carboxylic acids is 1. The van der Waals surface area contributed by atoms with E-state index in [1.807, 2.05) is 50.2 Å². The van der Waals surface area contributed by atoms with E-state index < -0.39 is 17.8 Å². The molecular formula is C27H23F3N2OS. The second-order valence-corrected chi connectivity index (χ2v) is 9.14. The molecule has 0 saturated carbocycles. The molecule has 0 aliphatic rings. The van der Waals surface area contributed by atoms with E-state index in [4.69, 9.17) is 0 Å². The zero-order valence-corrected chi connectivity index (χ0v) is 19.4. The van der Waals surface area contributed by atoms with Gasteiger partial charge in [-0.05, 0) is 55.3 Å². The third-order valence-electron chi connectivity index (χ3n) is 5.62. The minimum Gasteiger partial charge on any atom is -0.374 e. The van der Waals surface area contributed by atoms with Crippen molar-refractivity contribution in [1.82, 2.24) is 0 Å². The highest BCUT2D eigenvalue weighted by molar-refractivity contribution is 7.16. The molecule has 0 fully saturated rings. The maximum Gasteiger partial charge on any atom is 0.416 e. The average Bonchev–Trinajstić information content (AvgIpc) is 3.11. The van der Waals surface area contributed by atoms with Crippen LogP contribution in [-0.4, -0.2) is 5.91 Å². The lowest BCUT2D eigenvalue weighted by atomic mass is 9.96. The second kappa shape index (κ2) is 9.73. The Morgan fingerprint density at radius 3 is 2.18 bits per heavy atom. The summed E-state index contributed by atoms with van der Waals surface area (Å²) in [5.41, 5.74) is 2.82. The Labute approximate surface area is 200 Å². The van der Waals surface area contributed by atoms with E-state index in [1.54, 1.807) is 30.3 Å². The summed E-state index contributed by atoms with van der Waals surface area (Å²) in [4.78, 5) is 13.9. The lowest BCUT2D eigenvalue weighted by Gasteiger charge is -2.23. The molecule has 4 aromatic rings. The molecule has 1 atom stereocenters. The molecule has 1 heterocycles. The van der Waals surface area contributed by atoms with E-state index >= 15 is 0 Å². The standard InChI is InChI=1S/C27H23F3N2OS/c1-17-18(2)34-26(32-25(33)20-12-7-4-8-13-20)23(17)24(19-10-5-3-6-11-19)31-22-15-9-14-21(16-22)27(28,29)30/h3-16,24,31H,1-2H3,(H,32,33)/t24-/m1/s1. The summed E-state index contributed by atoms with van der Waals surface area (Å²) in [5.74, 6) is -0.242. The number of hydrogen-bond donors (Lipinski definition) is 2. The first-order valence-electron chi connectivity index (χ1n) is 10.7. The van der Waals surface area contributed by atoms with Crippen LogP contribution in [0.5, 0.6) is 0 Å². The number of amides is 1. The Morgan fingerprint density at radius 2 is 1.53 bits per heavy atom. The van der Waals surface area contributed by atoms with Crippen LogP contribution in [0.3, 0.4) is 0 Å². The van der Waals surface area contributed by atoms with Gasteiger partial charge in [-0.2, -0.15) is 13.2 Å². The lowest BCUT2D eigenvalue weighted by Crippen LogP contribution is -2.17. The van der Waals surface area contributed by atoms with Gasteiger partial charge in [0.1, 0.15) is 5.00 Å². The second-order valence-electron chi connectivity index (χ2n) is 7.91. The summed E-state index contributed by atoms with van der Waals surface area (Å²) in [6.45, 7) is 3.93. The smallest absolute Gasteiger partial charge is 0.374 e. The summed E-state index contributed by atoms with van der Waals surface area (Å²) in [5, 5.41) is 6.97. The van der Waals surface area contributed by atoms with Gasteiger partial charge in [-0.3, -0.25) is 4.79 Å². The van der Waals surface area contributed by atoms with Gasteiger partial charge in [0, 0.05) is 21.7 Å². The van der Waals surface area contributed by atoms with Crippen molar-refractivity contribution in [2.24, 2.45) is 0 Å². The molecule has 7 heteroatoms. The normalized spacial score (nSPS) is 12.3. The van der Waals surface area contributed by atoms with E-state index in [2.05, 4.69) is 10.6 Å². The number of carbonyl (C=O) groups is 1.